The molecule has 6 heteroatoms. The van der Waals surface area contributed by atoms with Gasteiger partial charge in [-0.2, -0.15) is 0 Å². The topological polar surface area (TPSA) is 79.8 Å². The summed E-state index contributed by atoms with van der Waals surface area (Å²) in [5.41, 5.74) is 2.13. The van der Waals surface area contributed by atoms with Gasteiger partial charge in [-0.3, -0.25) is 9.78 Å². The number of pyridine rings is 1. The van der Waals surface area contributed by atoms with E-state index >= 15 is 0 Å². The minimum Gasteiger partial charge on any atom is -0.352 e. The summed E-state index contributed by atoms with van der Waals surface area (Å²) in [6.07, 6.45) is 5.75. The Kier molecular flexibility index (Phi) is 5.18. The number of para-hydroxylation sites is 1. The second-order valence-corrected chi connectivity index (χ2v) is 6.24. The summed E-state index contributed by atoms with van der Waals surface area (Å²) in [7, 11) is 0. The summed E-state index contributed by atoms with van der Waals surface area (Å²) < 4.78 is 0. The highest BCUT2D eigenvalue weighted by atomic mass is 16.1. The average molecular weight is 335 g/mol. The third-order valence-corrected chi connectivity index (χ3v) is 3.80. The zero-order chi connectivity index (χ0) is 17.6. The molecule has 25 heavy (non-hydrogen) atoms. The van der Waals surface area contributed by atoms with Gasteiger partial charge < -0.3 is 10.6 Å². The number of nitrogens with zero attached hydrogens (tertiary/aromatic N) is 3. The largest absolute Gasteiger partial charge is 0.352 e. The first-order chi connectivity index (χ1) is 12.1. The third-order valence-electron chi connectivity index (χ3n) is 3.80. The molecule has 0 unspecified atom stereocenters. The number of hydrogen-bond donors (Lipinski definition) is 2. The van der Waals surface area contributed by atoms with E-state index in [-0.39, 0.29) is 5.91 Å². The van der Waals surface area contributed by atoms with Crippen LogP contribution in [-0.2, 0) is 0 Å². The fourth-order valence-corrected chi connectivity index (χ4v) is 2.41. The number of aromatic nitrogens is 3. The van der Waals surface area contributed by atoms with Gasteiger partial charge in [0.15, 0.2) is 0 Å². The van der Waals surface area contributed by atoms with Gasteiger partial charge in [0.05, 0.1) is 16.8 Å². The van der Waals surface area contributed by atoms with Crippen LogP contribution in [0.4, 0.5) is 11.6 Å². The lowest BCUT2D eigenvalue weighted by Crippen LogP contribution is -2.25. The van der Waals surface area contributed by atoms with Crippen molar-refractivity contribution < 1.29 is 4.79 Å². The predicted molar refractivity (Wildman–Crippen MR) is 98.8 cm³/mol. The van der Waals surface area contributed by atoms with E-state index in [0.29, 0.717) is 24.0 Å². The third kappa shape index (κ3) is 4.29. The Labute approximate surface area is 146 Å². The summed E-state index contributed by atoms with van der Waals surface area (Å²) in [5.74, 6) is 0.827. The van der Waals surface area contributed by atoms with Crippen LogP contribution >= 0.6 is 0 Å². The Bertz CT molecular complexity index is 856. The standard InChI is InChI=1S/C19H21N5O/c1-13(2)8-10-21-18(25)15-11-22-19(23-12-15)24-16-7-3-5-14-6-4-9-20-17(14)16/h3-7,9,11-13H,8,10H2,1-2H3,(H,21,25)(H,22,23,24). The molecule has 0 bridgehead atoms. The Morgan fingerprint density at radius 3 is 2.60 bits per heavy atom. The van der Waals surface area contributed by atoms with Crippen molar-refractivity contribution in [1.82, 2.24) is 20.3 Å². The Morgan fingerprint density at radius 1 is 1.08 bits per heavy atom. The normalized spacial score (nSPS) is 10.8. The molecule has 0 aliphatic rings. The zero-order valence-corrected chi connectivity index (χ0v) is 14.4. The molecule has 0 saturated heterocycles. The smallest absolute Gasteiger partial charge is 0.254 e. The average Bonchev–Trinajstić information content (AvgIpc) is 2.62. The van der Waals surface area contributed by atoms with Gasteiger partial charge >= 0.3 is 0 Å². The Balaban J connectivity index is 1.69. The van der Waals surface area contributed by atoms with Crippen molar-refractivity contribution in [3.05, 3.63) is 54.5 Å². The summed E-state index contributed by atoms with van der Waals surface area (Å²) in [4.78, 5) is 24.9. The summed E-state index contributed by atoms with van der Waals surface area (Å²) in [6.45, 7) is 4.90. The van der Waals surface area contributed by atoms with Crippen molar-refractivity contribution >= 4 is 28.4 Å². The number of carbonyl (C=O) groups excluding carboxylic acids is 1. The van der Waals surface area contributed by atoms with Gasteiger partial charge in [-0.05, 0) is 24.5 Å². The van der Waals surface area contributed by atoms with Gasteiger partial charge in [-0.25, -0.2) is 9.97 Å². The Morgan fingerprint density at radius 2 is 1.84 bits per heavy atom. The molecule has 0 fully saturated rings. The SMILES string of the molecule is CC(C)CCNC(=O)c1cnc(Nc2cccc3cccnc23)nc1. The van der Waals surface area contributed by atoms with Crippen molar-refractivity contribution in [1.29, 1.82) is 0 Å². The van der Waals surface area contributed by atoms with E-state index < -0.39 is 0 Å². The number of carbonyl (C=O) groups is 1. The molecule has 3 aromatic rings. The number of rotatable bonds is 6. The highest BCUT2D eigenvalue weighted by molar-refractivity contribution is 5.94. The first kappa shape index (κ1) is 16.8. The molecule has 6 nitrogen and oxygen atoms in total. The molecule has 2 aromatic heterocycles. The van der Waals surface area contributed by atoms with E-state index in [9.17, 15) is 4.79 Å². The molecule has 0 saturated carbocycles. The monoisotopic (exact) mass is 335 g/mol. The van der Waals surface area contributed by atoms with E-state index in [0.717, 1.165) is 23.0 Å². The van der Waals surface area contributed by atoms with Crippen LogP contribution in [0, 0.1) is 5.92 Å². The molecule has 2 heterocycles. The summed E-state index contributed by atoms with van der Waals surface area (Å²) in [6, 6.07) is 9.77. The van der Waals surface area contributed by atoms with Crippen molar-refractivity contribution in [2.75, 3.05) is 11.9 Å². The van der Waals surface area contributed by atoms with Crippen LogP contribution in [0.5, 0.6) is 0 Å². The van der Waals surface area contributed by atoms with Crippen LogP contribution in [0.25, 0.3) is 10.9 Å². The second-order valence-electron chi connectivity index (χ2n) is 6.24. The molecule has 0 aliphatic heterocycles. The number of amides is 1. The first-order valence-electron chi connectivity index (χ1n) is 8.34. The molecule has 0 aliphatic carbocycles. The molecular formula is C19H21N5O. The molecular weight excluding hydrogens is 314 g/mol. The summed E-state index contributed by atoms with van der Waals surface area (Å²) >= 11 is 0. The van der Waals surface area contributed by atoms with Crippen LogP contribution in [-0.4, -0.2) is 27.4 Å². The molecule has 1 aromatic carbocycles. The van der Waals surface area contributed by atoms with E-state index in [1.54, 1.807) is 6.20 Å². The summed E-state index contributed by atoms with van der Waals surface area (Å²) in [5, 5.41) is 7.06. The quantitative estimate of drug-likeness (QED) is 0.720. The fraction of sp³-hybridized carbons (Fsp3) is 0.263. The second kappa shape index (κ2) is 7.70. The minimum absolute atomic E-state index is 0.154. The van der Waals surface area contributed by atoms with Crippen LogP contribution in [0.1, 0.15) is 30.6 Å². The number of hydrogen-bond acceptors (Lipinski definition) is 5. The lowest BCUT2D eigenvalue weighted by atomic mass is 10.1. The molecule has 0 radical (unpaired) electrons. The van der Waals surface area contributed by atoms with Crippen LogP contribution in [0.15, 0.2) is 48.9 Å². The van der Waals surface area contributed by atoms with Gasteiger partial charge in [0.25, 0.3) is 5.91 Å². The maximum absolute atomic E-state index is 12.0. The predicted octanol–water partition coefficient (Wildman–Crippen LogP) is 3.54. The maximum atomic E-state index is 12.0. The van der Waals surface area contributed by atoms with Crippen LogP contribution < -0.4 is 10.6 Å². The van der Waals surface area contributed by atoms with Crippen LogP contribution in [0.3, 0.4) is 0 Å². The van der Waals surface area contributed by atoms with E-state index in [1.165, 1.54) is 12.4 Å². The fourth-order valence-electron chi connectivity index (χ4n) is 2.41. The molecule has 0 atom stereocenters. The maximum Gasteiger partial charge on any atom is 0.254 e. The highest BCUT2D eigenvalue weighted by Gasteiger charge is 2.08. The van der Waals surface area contributed by atoms with Gasteiger partial charge in [0, 0.05) is 30.5 Å². The van der Waals surface area contributed by atoms with Gasteiger partial charge in [0.2, 0.25) is 5.95 Å². The molecule has 128 valence electrons. The van der Waals surface area contributed by atoms with E-state index in [1.807, 2.05) is 30.3 Å². The lowest BCUT2D eigenvalue weighted by Gasteiger charge is -2.09. The van der Waals surface area contributed by atoms with Crippen molar-refractivity contribution in [2.24, 2.45) is 5.92 Å². The van der Waals surface area contributed by atoms with Gasteiger partial charge in [-0.1, -0.05) is 32.0 Å². The highest BCUT2D eigenvalue weighted by Crippen LogP contribution is 2.22. The molecule has 0 spiro atoms. The van der Waals surface area contributed by atoms with Gasteiger partial charge in [0.1, 0.15) is 0 Å². The number of anilines is 2. The number of fused-ring (bicyclic) bond motifs is 1. The van der Waals surface area contributed by atoms with E-state index in [2.05, 4.69) is 39.4 Å². The zero-order valence-electron chi connectivity index (χ0n) is 14.4. The lowest BCUT2D eigenvalue weighted by molar-refractivity contribution is 0.0951. The van der Waals surface area contributed by atoms with Crippen molar-refractivity contribution in [2.45, 2.75) is 20.3 Å². The van der Waals surface area contributed by atoms with Crippen LogP contribution in [0.2, 0.25) is 0 Å². The van der Waals surface area contributed by atoms with Crippen molar-refractivity contribution in [3.63, 3.8) is 0 Å². The molecule has 1 amide bonds. The molecule has 2 N–H and O–H groups in total. The minimum atomic E-state index is -0.154. The van der Waals surface area contributed by atoms with Gasteiger partial charge in [-0.15, -0.1) is 0 Å². The Hall–Kier alpha value is -3.02. The van der Waals surface area contributed by atoms with Crippen molar-refractivity contribution in [3.8, 4) is 0 Å². The number of benzene rings is 1. The number of nitrogens with one attached hydrogen (secondary N) is 2. The van der Waals surface area contributed by atoms with E-state index in [4.69, 9.17) is 0 Å². The molecule has 3 rings (SSSR count). The first-order valence-corrected chi connectivity index (χ1v) is 8.34.